The van der Waals surface area contributed by atoms with Crippen LogP contribution in [0.15, 0.2) is 54.6 Å². The fourth-order valence-corrected chi connectivity index (χ4v) is 4.10. The Morgan fingerprint density at radius 3 is 2.24 bits per heavy atom. The van der Waals surface area contributed by atoms with Gasteiger partial charge in [0.25, 0.3) is 0 Å². The smallest absolute Gasteiger partial charge is 0.244 e. The van der Waals surface area contributed by atoms with E-state index in [0.29, 0.717) is 18.0 Å². The number of anilines is 1. The number of sulfonamides is 1. The molecule has 1 N–H and O–H groups in total. The van der Waals surface area contributed by atoms with E-state index in [0.717, 1.165) is 29.0 Å². The molecule has 1 atom stereocenters. The van der Waals surface area contributed by atoms with Crippen molar-refractivity contribution in [1.82, 2.24) is 10.2 Å². The Bertz CT molecular complexity index is 1010. The molecule has 0 saturated heterocycles. The number of benzene rings is 2. The van der Waals surface area contributed by atoms with Crippen molar-refractivity contribution in [3.05, 3.63) is 60.2 Å². The van der Waals surface area contributed by atoms with E-state index in [1.165, 1.54) is 4.90 Å². The second-order valence-electron chi connectivity index (χ2n) is 7.80. The summed E-state index contributed by atoms with van der Waals surface area (Å²) in [6.45, 7) is 3.93. The molecule has 33 heavy (non-hydrogen) atoms. The number of hydrogen-bond acceptors (Lipinski definition) is 5. The van der Waals surface area contributed by atoms with Crippen LogP contribution in [0.2, 0.25) is 0 Å². The van der Waals surface area contributed by atoms with Crippen LogP contribution in [0.4, 0.5) is 5.69 Å². The molecular formula is C24H33N3O5S. The first-order valence-electron chi connectivity index (χ1n) is 10.9. The largest absolute Gasteiger partial charge is 0.497 e. The zero-order valence-electron chi connectivity index (χ0n) is 19.7. The minimum Gasteiger partial charge on any atom is -0.497 e. The highest BCUT2D eigenvalue weighted by molar-refractivity contribution is 7.92. The number of methoxy groups -OCH3 is 1. The lowest BCUT2D eigenvalue weighted by Crippen LogP contribution is -2.51. The fraction of sp³-hybridized carbons (Fsp3) is 0.417. The third-order valence-corrected chi connectivity index (χ3v) is 6.37. The molecule has 2 amide bonds. The van der Waals surface area contributed by atoms with Gasteiger partial charge in [-0.2, -0.15) is 0 Å². The van der Waals surface area contributed by atoms with Crippen molar-refractivity contribution in [3.63, 3.8) is 0 Å². The zero-order chi connectivity index (χ0) is 24.4. The molecule has 9 heteroatoms. The third kappa shape index (κ3) is 7.78. The topological polar surface area (TPSA) is 96.0 Å². The van der Waals surface area contributed by atoms with Gasteiger partial charge >= 0.3 is 0 Å². The van der Waals surface area contributed by atoms with Gasteiger partial charge in [0, 0.05) is 13.1 Å². The number of ether oxygens (including phenoxy) is 1. The predicted molar refractivity (Wildman–Crippen MR) is 130 cm³/mol. The highest BCUT2D eigenvalue weighted by Crippen LogP contribution is 2.19. The molecule has 0 spiro atoms. The van der Waals surface area contributed by atoms with E-state index in [1.54, 1.807) is 56.5 Å². The van der Waals surface area contributed by atoms with Gasteiger partial charge < -0.3 is 15.0 Å². The summed E-state index contributed by atoms with van der Waals surface area (Å²) in [5, 5.41) is 2.85. The van der Waals surface area contributed by atoms with E-state index in [4.69, 9.17) is 4.74 Å². The minimum absolute atomic E-state index is 0.150. The van der Waals surface area contributed by atoms with Crippen LogP contribution < -0.4 is 14.4 Å². The SMILES string of the molecule is CCCCNC(=O)[C@H](C)N(Cc1ccc(OC)cc1)C(=O)CN(c1ccccc1)S(C)(=O)=O. The number of carbonyl (C=O) groups is 2. The molecule has 2 aromatic rings. The zero-order valence-corrected chi connectivity index (χ0v) is 20.5. The molecule has 0 aromatic heterocycles. The van der Waals surface area contributed by atoms with Gasteiger partial charge in [-0.3, -0.25) is 13.9 Å². The van der Waals surface area contributed by atoms with Crippen LogP contribution in [0.25, 0.3) is 0 Å². The molecule has 180 valence electrons. The number of para-hydroxylation sites is 1. The van der Waals surface area contributed by atoms with E-state index in [2.05, 4.69) is 5.32 Å². The van der Waals surface area contributed by atoms with Gasteiger partial charge in [0.1, 0.15) is 18.3 Å². The van der Waals surface area contributed by atoms with Crippen LogP contribution in [0.5, 0.6) is 5.75 Å². The van der Waals surface area contributed by atoms with Crippen LogP contribution in [-0.2, 0) is 26.2 Å². The van der Waals surface area contributed by atoms with E-state index in [9.17, 15) is 18.0 Å². The maximum Gasteiger partial charge on any atom is 0.244 e. The third-order valence-electron chi connectivity index (χ3n) is 5.23. The quantitative estimate of drug-likeness (QED) is 0.476. The average molecular weight is 476 g/mol. The van der Waals surface area contributed by atoms with Crippen LogP contribution in [0.1, 0.15) is 32.3 Å². The maximum absolute atomic E-state index is 13.4. The summed E-state index contributed by atoms with van der Waals surface area (Å²) in [5.74, 6) is -0.0801. The molecule has 0 aliphatic rings. The lowest BCUT2D eigenvalue weighted by molar-refractivity contribution is -0.139. The summed E-state index contributed by atoms with van der Waals surface area (Å²) in [4.78, 5) is 27.5. The fourth-order valence-electron chi connectivity index (χ4n) is 3.25. The number of unbranched alkanes of at least 4 members (excludes halogenated alkanes) is 1. The van der Waals surface area contributed by atoms with Gasteiger partial charge in [0.15, 0.2) is 0 Å². The van der Waals surface area contributed by atoms with Crippen molar-refractivity contribution in [2.75, 3.05) is 30.8 Å². The molecule has 0 bridgehead atoms. The summed E-state index contributed by atoms with van der Waals surface area (Å²) in [5.41, 5.74) is 1.18. The lowest BCUT2D eigenvalue weighted by atomic mass is 10.1. The Hall–Kier alpha value is -3.07. The highest BCUT2D eigenvalue weighted by Gasteiger charge is 2.29. The normalized spacial score (nSPS) is 12.0. The Morgan fingerprint density at radius 2 is 1.70 bits per heavy atom. The van der Waals surface area contributed by atoms with Gasteiger partial charge in [-0.05, 0) is 43.2 Å². The summed E-state index contributed by atoms with van der Waals surface area (Å²) in [6, 6.07) is 14.8. The highest BCUT2D eigenvalue weighted by atomic mass is 32.2. The van der Waals surface area contributed by atoms with Crippen LogP contribution in [-0.4, -0.2) is 57.6 Å². The van der Waals surface area contributed by atoms with E-state index < -0.39 is 28.5 Å². The molecule has 0 aliphatic heterocycles. The lowest BCUT2D eigenvalue weighted by Gasteiger charge is -2.31. The molecule has 0 radical (unpaired) electrons. The molecule has 2 rings (SSSR count). The molecule has 0 saturated carbocycles. The first-order valence-corrected chi connectivity index (χ1v) is 12.7. The monoisotopic (exact) mass is 475 g/mol. The van der Waals surface area contributed by atoms with Gasteiger partial charge in [0.05, 0.1) is 19.1 Å². The number of amides is 2. The Labute approximate surface area is 196 Å². The predicted octanol–water partition coefficient (Wildman–Crippen LogP) is 2.79. The second kappa shape index (κ2) is 12.2. The van der Waals surface area contributed by atoms with Crippen molar-refractivity contribution in [2.45, 2.75) is 39.3 Å². The number of hydrogen-bond donors (Lipinski definition) is 1. The standard InChI is InChI=1S/C24H33N3O5S/c1-5-6-16-25-24(29)19(2)26(17-20-12-14-22(32-3)15-13-20)23(28)18-27(33(4,30)31)21-10-8-7-9-11-21/h7-15,19H,5-6,16-18H2,1-4H3,(H,25,29)/t19-/m0/s1. The van der Waals surface area contributed by atoms with Crippen molar-refractivity contribution < 1.29 is 22.7 Å². The second-order valence-corrected chi connectivity index (χ2v) is 9.70. The van der Waals surface area contributed by atoms with Gasteiger partial charge in [-0.25, -0.2) is 8.42 Å². The van der Waals surface area contributed by atoms with Gasteiger partial charge in [-0.1, -0.05) is 43.7 Å². The van der Waals surface area contributed by atoms with Gasteiger partial charge in [0.2, 0.25) is 21.8 Å². The van der Waals surface area contributed by atoms with Crippen molar-refractivity contribution >= 4 is 27.5 Å². The Morgan fingerprint density at radius 1 is 1.06 bits per heavy atom. The number of nitrogens with zero attached hydrogens (tertiary/aromatic N) is 2. The molecule has 0 heterocycles. The Kier molecular flexibility index (Phi) is 9.72. The Balaban J connectivity index is 2.31. The van der Waals surface area contributed by atoms with Crippen LogP contribution in [0.3, 0.4) is 0 Å². The average Bonchev–Trinajstić information content (AvgIpc) is 2.80. The summed E-state index contributed by atoms with van der Waals surface area (Å²) >= 11 is 0. The van der Waals surface area contributed by atoms with Crippen molar-refractivity contribution in [1.29, 1.82) is 0 Å². The first kappa shape index (κ1) is 26.2. The van der Waals surface area contributed by atoms with Gasteiger partial charge in [-0.15, -0.1) is 0 Å². The van der Waals surface area contributed by atoms with Crippen LogP contribution in [0, 0.1) is 0 Å². The molecule has 2 aromatic carbocycles. The first-order chi connectivity index (χ1) is 15.7. The van der Waals surface area contributed by atoms with Crippen molar-refractivity contribution in [2.24, 2.45) is 0 Å². The van der Waals surface area contributed by atoms with E-state index in [1.807, 2.05) is 19.1 Å². The molecule has 8 nitrogen and oxygen atoms in total. The van der Waals surface area contributed by atoms with E-state index >= 15 is 0 Å². The minimum atomic E-state index is -3.72. The maximum atomic E-state index is 13.4. The molecule has 0 unspecified atom stereocenters. The number of rotatable bonds is 12. The molecular weight excluding hydrogens is 442 g/mol. The van der Waals surface area contributed by atoms with Crippen molar-refractivity contribution in [3.8, 4) is 5.75 Å². The molecule has 0 aliphatic carbocycles. The summed E-state index contributed by atoms with van der Waals surface area (Å²) < 4.78 is 31.2. The number of nitrogens with one attached hydrogen (secondary N) is 1. The molecule has 0 fully saturated rings. The summed E-state index contributed by atoms with van der Waals surface area (Å²) in [7, 11) is -2.16. The number of carbonyl (C=O) groups excluding carboxylic acids is 2. The van der Waals surface area contributed by atoms with E-state index in [-0.39, 0.29) is 12.5 Å². The van der Waals surface area contributed by atoms with Crippen LogP contribution >= 0.6 is 0 Å². The summed E-state index contributed by atoms with van der Waals surface area (Å²) in [6.07, 6.45) is 2.83.